The molecule has 1 amide bonds. The fraction of sp³-hybridized carbons (Fsp3) is 0.107. The molecule has 1 aromatic heterocycles. The van der Waals surface area contributed by atoms with Crippen LogP contribution in [0.4, 0.5) is 20.2 Å². The summed E-state index contributed by atoms with van der Waals surface area (Å²) in [6.45, 7) is 2.27. The maximum atomic E-state index is 13.5. The molecule has 0 saturated heterocycles. The zero-order valence-corrected chi connectivity index (χ0v) is 20.7. The summed E-state index contributed by atoms with van der Waals surface area (Å²) in [5, 5.41) is 4.79. The van der Waals surface area contributed by atoms with E-state index in [1.165, 1.54) is 12.1 Å². The summed E-state index contributed by atoms with van der Waals surface area (Å²) in [6, 6.07) is 22.6. The Bertz CT molecular complexity index is 1710. The average Bonchev–Trinajstić information content (AvgIpc) is 3.21. The molecule has 5 rings (SSSR count). The van der Waals surface area contributed by atoms with E-state index in [0.717, 1.165) is 69.1 Å². The molecule has 0 aliphatic carbocycles. The van der Waals surface area contributed by atoms with Crippen LogP contribution in [0.15, 0.2) is 95.9 Å². The molecule has 0 spiro atoms. The molecule has 6 nitrogen and oxygen atoms in total. The lowest BCUT2D eigenvalue weighted by Crippen LogP contribution is -2.38. The second-order valence-corrected chi connectivity index (χ2v) is 10.3. The van der Waals surface area contributed by atoms with Gasteiger partial charge in [0.15, 0.2) is 0 Å². The molecule has 0 unspecified atom stereocenters. The number of fused-ring (bicyclic) bond motifs is 3. The Hall–Kier alpha value is -4.24. The number of anilines is 2. The Labute approximate surface area is 212 Å². The number of aryl methyl sites for hydroxylation is 1. The fourth-order valence-corrected chi connectivity index (χ4v) is 5.88. The molecule has 0 bridgehead atoms. The van der Waals surface area contributed by atoms with Crippen LogP contribution in [-0.4, -0.2) is 25.4 Å². The van der Waals surface area contributed by atoms with E-state index in [0.29, 0.717) is 5.69 Å². The normalized spacial score (nSPS) is 11.6. The standard InChI is InChI=1S/C28H23F2N3O3S/c1-2-32-26-6-4-3-5-24(26)25-17-21(11-16-27(25)32)31-28(34)18-33(22-12-7-19(29)8-13-22)37(35,36)23-14-9-20(30)10-15-23/h3-17H,2,18H2,1H3,(H,31,34). The topological polar surface area (TPSA) is 71.4 Å². The monoisotopic (exact) mass is 519 g/mol. The third-order valence-electron chi connectivity index (χ3n) is 6.18. The predicted molar refractivity (Wildman–Crippen MR) is 141 cm³/mol. The summed E-state index contributed by atoms with van der Waals surface area (Å²) >= 11 is 0. The highest BCUT2D eigenvalue weighted by atomic mass is 32.2. The molecule has 188 valence electrons. The summed E-state index contributed by atoms with van der Waals surface area (Å²) in [7, 11) is -4.25. The largest absolute Gasteiger partial charge is 0.341 e. The van der Waals surface area contributed by atoms with Gasteiger partial charge in [-0.05, 0) is 79.7 Å². The number of hydrogen-bond acceptors (Lipinski definition) is 3. The second-order valence-electron chi connectivity index (χ2n) is 8.48. The minimum atomic E-state index is -4.25. The molecular formula is C28H23F2N3O3S. The highest BCUT2D eigenvalue weighted by Gasteiger charge is 2.27. The first-order valence-electron chi connectivity index (χ1n) is 11.6. The van der Waals surface area contributed by atoms with Gasteiger partial charge >= 0.3 is 0 Å². The van der Waals surface area contributed by atoms with E-state index < -0.39 is 34.1 Å². The number of benzene rings is 4. The van der Waals surface area contributed by atoms with Crippen molar-refractivity contribution in [2.45, 2.75) is 18.4 Å². The van der Waals surface area contributed by atoms with Crippen LogP contribution in [0.3, 0.4) is 0 Å². The number of carbonyl (C=O) groups excluding carboxylic acids is 1. The minimum Gasteiger partial charge on any atom is -0.341 e. The molecule has 1 heterocycles. The second kappa shape index (κ2) is 9.67. The minimum absolute atomic E-state index is 0.0994. The number of carbonyl (C=O) groups is 1. The van der Waals surface area contributed by atoms with Gasteiger partial charge in [-0.25, -0.2) is 17.2 Å². The highest BCUT2D eigenvalue weighted by Crippen LogP contribution is 2.31. The van der Waals surface area contributed by atoms with Crippen molar-refractivity contribution >= 4 is 49.1 Å². The van der Waals surface area contributed by atoms with Crippen LogP contribution in [0.2, 0.25) is 0 Å². The van der Waals surface area contributed by atoms with E-state index in [4.69, 9.17) is 0 Å². The maximum absolute atomic E-state index is 13.5. The van der Waals surface area contributed by atoms with E-state index in [-0.39, 0.29) is 10.6 Å². The summed E-state index contributed by atoms with van der Waals surface area (Å²) in [4.78, 5) is 12.9. The molecule has 9 heteroatoms. The third kappa shape index (κ3) is 4.65. The van der Waals surface area contributed by atoms with Crippen LogP contribution < -0.4 is 9.62 Å². The Morgan fingerprint density at radius 1 is 0.838 bits per heavy atom. The number of para-hydroxylation sites is 1. The van der Waals surface area contributed by atoms with Crippen molar-refractivity contribution in [3.8, 4) is 0 Å². The van der Waals surface area contributed by atoms with Crippen molar-refractivity contribution in [2.24, 2.45) is 0 Å². The van der Waals surface area contributed by atoms with E-state index in [1.807, 2.05) is 36.4 Å². The number of nitrogens with zero attached hydrogens (tertiary/aromatic N) is 2. The van der Waals surface area contributed by atoms with Crippen LogP contribution in [0, 0.1) is 11.6 Å². The summed E-state index contributed by atoms with van der Waals surface area (Å²) in [5.74, 6) is -1.73. The number of nitrogens with one attached hydrogen (secondary N) is 1. The molecule has 1 N–H and O–H groups in total. The molecule has 0 atom stereocenters. The lowest BCUT2D eigenvalue weighted by Gasteiger charge is -2.24. The Balaban J connectivity index is 1.47. The zero-order chi connectivity index (χ0) is 26.2. The fourth-order valence-electron chi connectivity index (χ4n) is 4.46. The van der Waals surface area contributed by atoms with Crippen LogP contribution in [0.1, 0.15) is 6.92 Å². The number of hydrogen-bond donors (Lipinski definition) is 1. The molecule has 0 aliphatic rings. The number of halogens is 2. The van der Waals surface area contributed by atoms with Gasteiger partial charge in [0, 0.05) is 34.0 Å². The highest BCUT2D eigenvalue weighted by molar-refractivity contribution is 7.92. The molecule has 5 aromatic rings. The van der Waals surface area contributed by atoms with Crippen molar-refractivity contribution in [2.75, 3.05) is 16.2 Å². The van der Waals surface area contributed by atoms with Crippen LogP contribution in [0.25, 0.3) is 21.8 Å². The Morgan fingerprint density at radius 2 is 1.46 bits per heavy atom. The number of sulfonamides is 1. The lowest BCUT2D eigenvalue weighted by atomic mass is 10.1. The van der Waals surface area contributed by atoms with Crippen molar-refractivity contribution in [3.63, 3.8) is 0 Å². The first-order valence-corrected chi connectivity index (χ1v) is 13.1. The van der Waals surface area contributed by atoms with Crippen molar-refractivity contribution < 1.29 is 22.0 Å². The molecule has 0 fully saturated rings. The Kier molecular flexibility index (Phi) is 6.39. The zero-order valence-electron chi connectivity index (χ0n) is 19.9. The van der Waals surface area contributed by atoms with E-state index in [9.17, 15) is 22.0 Å². The van der Waals surface area contributed by atoms with Gasteiger partial charge in [-0.15, -0.1) is 0 Å². The Morgan fingerprint density at radius 3 is 2.14 bits per heavy atom. The van der Waals surface area contributed by atoms with Crippen LogP contribution in [0.5, 0.6) is 0 Å². The summed E-state index contributed by atoms with van der Waals surface area (Å²) in [6.07, 6.45) is 0. The molecule has 0 aliphatic heterocycles. The maximum Gasteiger partial charge on any atom is 0.264 e. The summed E-state index contributed by atoms with van der Waals surface area (Å²) < 4.78 is 56.8. The number of amides is 1. The van der Waals surface area contributed by atoms with E-state index in [1.54, 1.807) is 6.07 Å². The molecular weight excluding hydrogens is 496 g/mol. The molecule has 0 saturated carbocycles. The van der Waals surface area contributed by atoms with Gasteiger partial charge in [-0.2, -0.15) is 0 Å². The van der Waals surface area contributed by atoms with Gasteiger partial charge in [0.25, 0.3) is 10.0 Å². The lowest BCUT2D eigenvalue weighted by molar-refractivity contribution is -0.114. The first kappa shape index (κ1) is 24.5. The van der Waals surface area contributed by atoms with Crippen molar-refractivity contribution in [3.05, 3.63) is 103 Å². The van der Waals surface area contributed by atoms with Gasteiger partial charge in [-0.1, -0.05) is 18.2 Å². The average molecular weight is 520 g/mol. The number of rotatable bonds is 7. The summed E-state index contributed by atoms with van der Waals surface area (Å²) in [5.41, 5.74) is 2.71. The number of aromatic nitrogens is 1. The van der Waals surface area contributed by atoms with E-state index >= 15 is 0 Å². The smallest absolute Gasteiger partial charge is 0.264 e. The third-order valence-corrected chi connectivity index (χ3v) is 7.96. The van der Waals surface area contributed by atoms with Gasteiger partial charge in [0.05, 0.1) is 10.6 Å². The molecule has 4 aromatic carbocycles. The van der Waals surface area contributed by atoms with Crippen molar-refractivity contribution in [1.82, 2.24) is 4.57 Å². The predicted octanol–water partition coefficient (Wildman–Crippen LogP) is 5.93. The quantitative estimate of drug-likeness (QED) is 0.290. The first-order chi connectivity index (χ1) is 17.8. The molecule has 37 heavy (non-hydrogen) atoms. The van der Waals surface area contributed by atoms with Gasteiger partial charge in [0.2, 0.25) is 5.91 Å². The van der Waals surface area contributed by atoms with Gasteiger partial charge in [0.1, 0.15) is 18.2 Å². The van der Waals surface area contributed by atoms with Gasteiger partial charge in [-0.3, -0.25) is 9.10 Å². The SMILES string of the molecule is CCn1c2ccccc2c2cc(NC(=O)CN(c3ccc(F)cc3)S(=O)(=O)c3ccc(F)cc3)ccc21. The van der Waals surface area contributed by atoms with E-state index in [2.05, 4.69) is 16.8 Å². The van der Waals surface area contributed by atoms with Crippen LogP contribution >= 0.6 is 0 Å². The molecule has 0 radical (unpaired) electrons. The van der Waals surface area contributed by atoms with Crippen molar-refractivity contribution in [1.29, 1.82) is 0 Å². The van der Waals surface area contributed by atoms with Crippen LogP contribution in [-0.2, 0) is 21.4 Å². The van der Waals surface area contributed by atoms with Gasteiger partial charge < -0.3 is 9.88 Å².